The quantitative estimate of drug-likeness (QED) is 0.748. The number of hydrogen-bond acceptors (Lipinski definition) is 1. The van der Waals surface area contributed by atoms with Crippen molar-refractivity contribution in [1.29, 1.82) is 0 Å². The van der Waals surface area contributed by atoms with Crippen LogP contribution in [0.5, 0.6) is 0 Å². The molecule has 0 bridgehead atoms. The highest BCUT2D eigenvalue weighted by atomic mass is 19.4. The molecule has 0 spiro atoms. The molecule has 4 heteroatoms. The van der Waals surface area contributed by atoms with Gasteiger partial charge in [-0.1, -0.05) is 26.7 Å². The zero-order valence-electron chi connectivity index (χ0n) is 10.8. The van der Waals surface area contributed by atoms with Crippen molar-refractivity contribution >= 4 is 0 Å². The van der Waals surface area contributed by atoms with Crippen LogP contribution in [0.4, 0.5) is 13.2 Å². The lowest BCUT2D eigenvalue weighted by Gasteiger charge is -2.28. The van der Waals surface area contributed by atoms with Crippen LogP contribution >= 0.6 is 0 Å². The summed E-state index contributed by atoms with van der Waals surface area (Å²) in [5, 5.41) is 3.31. The van der Waals surface area contributed by atoms with Gasteiger partial charge in [0.15, 0.2) is 0 Å². The van der Waals surface area contributed by atoms with Gasteiger partial charge in [-0.2, -0.15) is 13.2 Å². The van der Waals surface area contributed by atoms with Crippen LogP contribution in [0.3, 0.4) is 0 Å². The SMILES string of the molecule is CCCNC(CCC(F)(F)F)C1CCCC1C. The van der Waals surface area contributed by atoms with Gasteiger partial charge < -0.3 is 5.32 Å². The second-order valence-corrected chi connectivity index (χ2v) is 5.29. The Kier molecular flexibility index (Phi) is 5.77. The molecular weight excluding hydrogens is 227 g/mol. The van der Waals surface area contributed by atoms with E-state index < -0.39 is 12.6 Å². The van der Waals surface area contributed by atoms with Gasteiger partial charge >= 0.3 is 6.18 Å². The highest BCUT2D eigenvalue weighted by Crippen LogP contribution is 2.36. The Bertz CT molecular complexity index is 215. The van der Waals surface area contributed by atoms with E-state index in [4.69, 9.17) is 0 Å². The summed E-state index contributed by atoms with van der Waals surface area (Å²) >= 11 is 0. The average Bonchev–Trinajstić information content (AvgIpc) is 2.63. The third-order valence-electron chi connectivity index (χ3n) is 3.84. The Balaban J connectivity index is 2.47. The Morgan fingerprint density at radius 2 is 2.00 bits per heavy atom. The fourth-order valence-electron chi connectivity index (χ4n) is 2.89. The molecule has 1 rings (SSSR count). The van der Waals surface area contributed by atoms with Gasteiger partial charge in [-0.05, 0) is 37.6 Å². The van der Waals surface area contributed by atoms with Crippen molar-refractivity contribution in [3.63, 3.8) is 0 Å². The van der Waals surface area contributed by atoms with E-state index in [1.165, 1.54) is 12.8 Å². The van der Waals surface area contributed by atoms with Gasteiger partial charge in [-0.25, -0.2) is 0 Å². The second-order valence-electron chi connectivity index (χ2n) is 5.29. The zero-order chi connectivity index (χ0) is 12.9. The van der Waals surface area contributed by atoms with Gasteiger partial charge in [0.1, 0.15) is 0 Å². The third kappa shape index (κ3) is 5.28. The molecule has 102 valence electrons. The van der Waals surface area contributed by atoms with E-state index in [0.29, 0.717) is 11.8 Å². The van der Waals surface area contributed by atoms with E-state index >= 15 is 0 Å². The smallest absolute Gasteiger partial charge is 0.314 e. The number of halogens is 3. The van der Waals surface area contributed by atoms with Gasteiger partial charge in [0.2, 0.25) is 0 Å². The molecule has 1 fully saturated rings. The van der Waals surface area contributed by atoms with E-state index in [-0.39, 0.29) is 12.5 Å². The summed E-state index contributed by atoms with van der Waals surface area (Å²) in [6.45, 7) is 5.05. The minimum Gasteiger partial charge on any atom is -0.314 e. The molecule has 0 amide bonds. The van der Waals surface area contributed by atoms with Crippen molar-refractivity contribution in [2.24, 2.45) is 11.8 Å². The number of rotatable bonds is 6. The third-order valence-corrected chi connectivity index (χ3v) is 3.84. The molecule has 3 unspecified atom stereocenters. The lowest BCUT2D eigenvalue weighted by Crippen LogP contribution is -2.38. The molecule has 3 atom stereocenters. The predicted molar refractivity (Wildman–Crippen MR) is 63.9 cm³/mol. The summed E-state index contributed by atoms with van der Waals surface area (Å²) < 4.78 is 36.9. The molecular formula is C13H24F3N. The summed E-state index contributed by atoms with van der Waals surface area (Å²) in [5.74, 6) is 1.00. The van der Waals surface area contributed by atoms with E-state index in [0.717, 1.165) is 19.4 Å². The molecule has 0 aromatic rings. The summed E-state index contributed by atoms with van der Waals surface area (Å²) in [6, 6.07) is 0.0501. The first-order chi connectivity index (χ1) is 7.94. The zero-order valence-corrected chi connectivity index (χ0v) is 10.8. The predicted octanol–water partition coefficient (Wildman–Crippen LogP) is 4.13. The Morgan fingerprint density at radius 3 is 2.47 bits per heavy atom. The number of alkyl halides is 3. The van der Waals surface area contributed by atoms with Crippen LogP contribution < -0.4 is 5.32 Å². The molecule has 1 aliphatic rings. The van der Waals surface area contributed by atoms with E-state index in [1.54, 1.807) is 0 Å². The summed E-state index contributed by atoms with van der Waals surface area (Å²) in [7, 11) is 0. The maximum Gasteiger partial charge on any atom is 0.389 e. The second kappa shape index (κ2) is 6.62. The van der Waals surface area contributed by atoms with Crippen molar-refractivity contribution in [1.82, 2.24) is 5.32 Å². The van der Waals surface area contributed by atoms with Crippen molar-refractivity contribution < 1.29 is 13.2 Å². The summed E-state index contributed by atoms with van der Waals surface area (Å²) in [4.78, 5) is 0. The van der Waals surface area contributed by atoms with Crippen molar-refractivity contribution in [3.8, 4) is 0 Å². The largest absolute Gasteiger partial charge is 0.389 e. The first-order valence-corrected chi connectivity index (χ1v) is 6.74. The maximum absolute atomic E-state index is 12.3. The maximum atomic E-state index is 12.3. The minimum absolute atomic E-state index is 0.0501. The van der Waals surface area contributed by atoms with Crippen LogP contribution in [0.25, 0.3) is 0 Å². The first kappa shape index (κ1) is 14.8. The van der Waals surface area contributed by atoms with Crippen LogP contribution in [0.2, 0.25) is 0 Å². The fraction of sp³-hybridized carbons (Fsp3) is 1.00. The molecule has 0 heterocycles. The Labute approximate surface area is 102 Å². The molecule has 1 aliphatic carbocycles. The van der Waals surface area contributed by atoms with Crippen molar-refractivity contribution in [2.45, 2.75) is 64.6 Å². The highest BCUT2D eigenvalue weighted by Gasteiger charge is 2.34. The van der Waals surface area contributed by atoms with Crippen LogP contribution in [0.1, 0.15) is 52.4 Å². The van der Waals surface area contributed by atoms with Gasteiger partial charge in [0.05, 0.1) is 0 Å². The van der Waals surface area contributed by atoms with Crippen LogP contribution in [0.15, 0.2) is 0 Å². The molecule has 17 heavy (non-hydrogen) atoms. The lowest BCUT2D eigenvalue weighted by molar-refractivity contribution is -0.137. The van der Waals surface area contributed by atoms with Crippen LogP contribution in [0, 0.1) is 11.8 Å². The Hall–Kier alpha value is -0.250. The topological polar surface area (TPSA) is 12.0 Å². The van der Waals surface area contributed by atoms with Crippen LogP contribution in [-0.4, -0.2) is 18.8 Å². The number of nitrogens with one attached hydrogen (secondary N) is 1. The van der Waals surface area contributed by atoms with Gasteiger partial charge in [0, 0.05) is 12.5 Å². The number of hydrogen-bond donors (Lipinski definition) is 1. The van der Waals surface area contributed by atoms with Crippen molar-refractivity contribution in [2.75, 3.05) is 6.54 Å². The van der Waals surface area contributed by atoms with Crippen molar-refractivity contribution in [3.05, 3.63) is 0 Å². The average molecular weight is 251 g/mol. The molecule has 1 saturated carbocycles. The fourth-order valence-corrected chi connectivity index (χ4v) is 2.89. The van der Waals surface area contributed by atoms with Gasteiger partial charge in [-0.15, -0.1) is 0 Å². The van der Waals surface area contributed by atoms with Crippen LogP contribution in [-0.2, 0) is 0 Å². The standard InChI is InChI=1S/C13H24F3N/c1-3-9-17-12(7-8-13(14,15)16)11-6-4-5-10(11)2/h10-12,17H,3-9H2,1-2H3. The summed E-state index contributed by atoms with van der Waals surface area (Å²) in [5.41, 5.74) is 0. The normalized spacial score (nSPS) is 27.4. The van der Waals surface area contributed by atoms with Gasteiger partial charge in [0.25, 0.3) is 0 Å². The molecule has 0 radical (unpaired) electrons. The van der Waals surface area contributed by atoms with E-state index in [1.807, 2.05) is 6.92 Å². The van der Waals surface area contributed by atoms with E-state index in [2.05, 4.69) is 12.2 Å². The monoisotopic (exact) mass is 251 g/mol. The minimum atomic E-state index is -4.02. The molecule has 0 aromatic carbocycles. The molecule has 1 nitrogen and oxygen atoms in total. The molecule has 0 saturated heterocycles. The Morgan fingerprint density at radius 1 is 1.29 bits per heavy atom. The molecule has 0 aliphatic heterocycles. The molecule has 0 aromatic heterocycles. The van der Waals surface area contributed by atoms with Gasteiger partial charge in [-0.3, -0.25) is 0 Å². The lowest BCUT2D eigenvalue weighted by atomic mass is 9.87. The highest BCUT2D eigenvalue weighted by molar-refractivity contribution is 4.85. The summed E-state index contributed by atoms with van der Waals surface area (Å²) in [6.07, 6.45) is -0.0444. The first-order valence-electron chi connectivity index (χ1n) is 6.74. The molecule has 1 N–H and O–H groups in total. The van der Waals surface area contributed by atoms with E-state index in [9.17, 15) is 13.2 Å².